The summed E-state index contributed by atoms with van der Waals surface area (Å²) in [6.07, 6.45) is 0. The van der Waals surface area contributed by atoms with Gasteiger partial charge < -0.3 is 19.5 Å². The SMILES string of the molecule is COc1cc(NC(=O)C(C)(C)C)c(C(=O)OCc2cccc(F)c2F)cc1OC. The third kappa shape index (κ3) is 5.22. The lowest BCUT2D eigenvalue weighted by Gasteiger charge is -2.20. The molecule has 0 aliphatic carbocycles. The molecule has 2 rings (SSSR count). The summed E-state index contributed by atoms with van der Waals surface area (Å²) in [5, 5.41) is 2.67. The minimum atomic E-state index is -1.09. The number of hydrogen-bond acceptors (Lipinski definition) is 5. The molecule has 0 radical (unpaired) electrons. The number of rotatable bonds is 6. The summed E-state index contributed by atoms with van der Waals surface area (Å²) < 4.78 is 42.7. The Morgan fingerprint density at radius 3 is 2.24 bits per heavy atom. The maximum atomic E-state index is 13.8. The molecule has 29 heavy (non-hydrogen) atoms. The van der Waals surface area contributed by atoms with Gasteiger partial charge in [0.2, 0.25) is 5.91 Å². The number of anilines is 1. The molecule has 0 aromatic heterocycles. The van der Waals surface area contributed by atoms with Gasteiger partial charge in [0.25, 0.3) is 0 Å². The summed E-state index contributed by atoms with van der Waals surface area (Å²) in [4.78, 5) is 25.0. The van der Waals surface area contributed by atoms with Crippen LogP contribution in [-0.4, -0.2) is 26.1 Å². The highest BCUT2D eigenvalue weighted by Crippen LogP contribution is 2.34. The largest absolute Gasteiger partial charge is 0.493 e. The van der Waals surface area contributed by atoms with Gasteiger partial charge in [0.15, 0.2) is 23.1 Å². The molecule has 0 bridgehead atoms. The highest BCUT2D eigenvalue weighted by atomic mass is 19.2. The van der Waals surface area contributed by atoms with Crippen molar-refractivity contribution in [2.24, 2.45) is 5.41 Å². The van der Waals surface area contributed by atoms with E-state index < -0.39 is 29.6 Å². The first-order valence-electron chi connectivity index (χ1n) is 8.76. The Kier molecular flexibility index (Phi) is 6.79. The number of methoxy groups -OCH3 is 2. The Bertz CT molecular complexity index is 922. The molecule has 0 heterocycles. The van der Waals surface area contributed by atoms with Crippen LogP contribution in [-0.2, 0) is 16.1 Å². The number of carbonyl (C=O) groups is 2. The van der Waals surface area contributed by atoms with Crippen molar-refractivity contribution in [2.75, 3.05) is 19.5 Å². The number of esters is 1. The van der Waals surface area contributed by atoms with E-state index >= 15 is 0 Å². The topological polar surface area (TPSA) is 73.9 Å². The molecule has 0 spiro atoms. The molecule has 0 unspecified atom stereocenters. The Labute approximate surface area is 167 Å². The summed E-state index contributed by atoms with van der Waals surface area (Å²) in [6.45, 7) is 4.67. The van der Waals surface area contributed by atoms with E-state index in [0.717, 1.165) is 6.07 Å². The molecule has 0 aliphatic heterocycles. The third-order valence-corrected chi connectivity index (χ3v) is 4.06. The van der Waals surface area contributed by atoms with Gasteiger partial charge in [-0.3, -0.25) is 4.79 Å². The van der Waals surface area contributed by atoms with Crippen molar-refractivity contribution in [3.63, 3.8) is 0 Å². The third-order valence-electron chi connectivity index (χ3n) is 4.06. The second kappa shape index (κ2) is 8.89. The van der Waals surface area contributed by atoms with E-state index in [1.54, 1.807) is 20.8 Å². The lowest BCUT2D eigenvalue weighted by molar-refractivity contribution is -0.123. The van der Waals surface area contributed by atoms with Crippen molar-refractivity contribution in [3.05, 3.63) is 53.1 Å². The maximum Gasteiger partial charge on any atom is 0.340 e. The lowest BCUT2D eigenvalue weighted by atomic mass is 9.95. The molecule has 2 aromatic rings. The zero-order chi connectivity index (χ0) is 21.8. The van der Waals surface area contributed by atoms with E-state index in [1.807, 2.05) is 0 Å². The number of ether oxygens (including phenoxy) is 3. The summed E-state index contributed by atoms with van der Waals surface area (Å²) in [5.41, 5.74) is -0.706. The van der Waals surface area contributed by atoms with Gasteiger partial charge in [-0.05, 0) is 6.07 Å². The first-order valence-corrected chi connectivity index (χ1v) is 8.76. The first-order chi connectivity index (χ1) is 13.6. The number of hydrogen-bond donors (Lipinski definition) is 1. The smallest absolute Gasteiger partial charge is 0.340 e. The number of amides is 1. The average molecular weight is 407 g/mol. The van der Waals surface area contributed by atoms with Crippen molar-refractivity contribution in [2.45, 2.75) is 27.4 Å². The van der Waals surface area contributed by atoms with E-state index in [1.165, 1.54) is 38.5 Å². The highest BCUT2D eigenvalue weighted by Gasteiger charge is 2.25. The molecule has 0 saturated carbocycles. The molecule has 0 atom stereocenters. The summed E-state index contributed by atoms with van der Waals surface area (Å²) in [7, 11) is 2.81. The Balaban J connectivity index is 2.36. The van der Waals surface area contributed by atoms with Crippen LogP contribution in [0.1, 0.15) is 36.7 Å². The van der Waals surface area contributed by atoms with Gasteiger partial charge in [-0.25, -0.2) is 13.6 Å². The number of nitrogens with one attached hydrogen (secondary N) is 1. The van der Waals surface area contributed by atoms with Crippen LogP contribution in [0.5, 0.6) is 11.5 Å². The van der Waals surface area contributed by atoms with E-state index in [4.69, 9.17) is 14.2 Å². The minimum Gasteiger partial charge on any atom is -0.493 e. The first kappa shape index (κ1) is 22.1. The summed E-state index contributed by atoms with van der Waals surface area (Å²) >= 11 is 0. The van der Waals surface area contributed by atoms with Crippen LogP contribution in [0.15, 0.2) is 30.3 Å². The van der Waals surface area contributed by atoms with Crippen molar-refractivity contribution in [3.8, 4) is 11.5 Å². The highest BCUT2D eigenvalue weighted by molar-refractivity contribution is 6.03. The molecule has 1 N–H and O–H groups in total. The van der Waals surface area contributed by atoms with Crippen LogP contribution in [0, 0.1) is 17.0 Å². The predicted octanol–water partition coefficient (Wildman–Crippen LogP) is 4.32. The van der Waals surface area contributed by atoms with Crippen LogP contribution >= 0.6 is 0 Å². The van der Waals surface area contributed by atoms with E-state index in [9.17, 15) is 18.4 Å². The van der Waals surface area contributed by atoms with Gasteiger partial charge in [-0.2, -0.15) is 0 Å². The average Bonchev–Trinajstić information content (AvgIpc) is 2.67. The van der Waals surface area contributed by atoms with Gasteiger partial charge in [-0.1, -0.05) is 32.9 Å². The van der Waals surface area contributed by atoms with Crippen LogP contribution in [0.2, 0.25) is 0 Å². The molecule has 0 fully saturated rings. The molecule has 1 amide bonds. The minimum absolute atomic E-state index is 0.0166. The summed E-state index contributed by atoms with van der Waals surface area (Å²) in [5.74, 6) is -2.78. The fourth-order valence-corrected chi connectivity index (χ4v) is 2.34. The molecule has 6 nitrogen and oxygen atoms in total. The normalized spacial score (nSPS) is 11.0. The van der Waals surface area contributed by atoms with Crippen molar-refractivity contribution >= 4 is 17.6 Å². The Hall–Kier alpha value is -3.16. The van der Waals surface area contributed by atoms with Crippen LogP contribution in [0.4, 0.5) is 14.5 Å². The molecule has 8 heteroatoms. The maximum absolute atomic E-state index is 13.8. The second-order valence-corrected chi connectivity index (χ2v) is 7.25. The molecule has 156 valence electrons. The molecule has 2 aromatic carbocycles. The lowest BCUT2D eigenvalue weighted by Crippen LogP contribution is -2.28. The van der Waals surface area contributed by atoms with Gasteiger partial charge in [0.05, 0.1) is 25.5 Å². The van der Waals surface area contributed by atoms with Gasteiger partial charge in [0, 0.05) is 23.1 Å². The van der Waals surface area contributed by atoms with Crippen molar-refractivity contribution < 1.29 is 32.6 Å². The Morgan fingerprint density at radius 1 is 1.03 bits per heavy atom. The number of benzene rings is 2. The molecule has 0 aliphatic rings. The summed E-state index contributed by atoms with van der Waals surface area (Å²) in [6, 6.07) is 6.37. The van der Waals surface area contributed by atoms with Crippen LogP contribution in [0.3, 0.4) is 0 Å². The van der Waals surface area contributed by atoms with Crippen molar-refractivity contribution in [1.82, 2.24) is 0 Å². The fraction of sp³-hybridized carbons (Fsp3) is 0.333. The van der Waals surface area contributed by atoms with Gasteiger partial charge in [0.1, 0.15) is 6.61 Å². The monoisotopic (exact) mass is 407 g/mol. The fourth-order valence-electron chi connectivity index (χ4n) is 2.34. The predicted molar refractivity (Wildman–Crippen MR) is 103 cm³/mol. The standard InChI is InChI=1S/C21H23F2NO5/c1-21(2,3)20(26)24-15-10-17(28-5)16(27-4)9-13(15)19(25)29-11-12-7-6-8-14(22)18(12)23/h6-10H,11H2,1-5H3,(H,24,26). The molecule has 0 saturated heterocycles. The number of carbonyl (C=O) groups excluding carboxylic acids is 2. The van der Waals surface area contributed by atoms with Gasteiger partial charge in [-0.15, -0.1) is 0 Å². The zero-order valence-corrected chi connectivity index (χ0v) is 16.9. The van der Waals surface area contributed by atoms with Crippen LogP contribution in [0.25, 0.3) is 0 Å². The van der Waals surface area contributed by atoms with E-state index in [0.29, 0.717) is 5.75 Å². The number of halogens is 2. The quantitative estimate of drug-likeness (QED) is 0.722. The van der Waals surface area contributed by atoms with Gasteiger partial charge >= 0.3 is 5.97 Å². The van der Waals surface area contributed by atoms with E-state index in [-0.39, 0.29) is 28.5 Å². The second-order valence-electron chi connectivity index (χ2n) is 7.25. The molecular weight excluding hydrogens is 384 g/mol. The van der Waals surface area contributed by atoms with E-state index in [2.05, 4.69) is 5.32 Å². The van der Waals surface area contributed by atoms with Crippen molar-refractivity contribution in [1.29, 1.82) is 0 Å². The molecular formula is C21H23F2NO5. The Morgan fingerprint density at radius 2 is 1.66 bits per heavy atom. The van der Waals surface area contributed by atoms with Crippen LogP contribution < -0.4 is 14.8 Å². The zero-order valence-electron chi connectivity index (χ0n) is 16.9.